The summed E-state index contributed by atoms with van der Waals surface area (Å²) in [6, 6.07) is 21.3. The quantitative estimate of drug-likeness (QED) is 0.386. The number of alkyl carbamates (subject to hydrolysis) is 1. The van der Waals surface area contributed by atoms with Crippen molar-refractivity contribution in [1.82, 2.24) is 5.32 Å². The fraction of sp³-hybridized carbons (Fsp3) is 0.296. The number of fused-ring (bicyclic) bond motifs is 3. The van der Waals surface area contributed by atoms with E-state index in [1.807, 2.05) is 48.5 Å². The molecule has 0 aliphatic heterocycles. The van der Waals surface area contributed by atoms with Crippen molar-refractivity contribution in [2.24, 2.45) is 0 Å². The zero-order chi connectivity index (χ0) is 25.7. The number of benzene rings is 3. The van der Waals surface area contributed by atoms with Crippen LogP contribution in [0.15, 0.2) is 72.8 Å². The summed E-state index contributed by atoms with van der Waals surface area (Å²) in [6.07, 6.45) is -7.54. The third-order valence-corrected chi connectivity index (χ3v) is 6.04. The lowest BCUT2D eigenvalue weighted by Crippen LogP contribution is -2.30. The molecule has 1 aliphatic rings. The van der Waals surface area contributed by atoms with Crippen molar-refractivity contribution in [1.29, 1.82) is 0 Å². The average Bonchev–Trinajstić information content (AvgIpc) is 3.19. The number of nitrogens with one attached hydrogen (secondary N) is 1. The van der Waals surface area contributed by atoms with Crippen LogP contribution in [0.1, 0.15) is 35.1 Å². The highest BCUT2D eigenvalue weighted by Crippen LogP contribution is 2.44. The van der Waals surface area contributed by atoms with E-state index in [1.54, 1.807) is 0 Å². The van der Waals surface area contributed by atoms with E-state index in [4.69, 9.17) is 4.74 Å². The van der Waals surface area contributed by atoms with Gasteiger partial charge in [0.2, 0.25) is 0 Å². The zero-order valence-corrected chi connectivity index (χ0v) is 19.2. The van der Waals surface area contributed by atoms with Crippen molar-refractivity contribution >= 4 is 6.09 Å². The van der Waals surface area contributed by atoms with Crippen LogP contribution >= 0.6 is 0 Å². The fourth-order valence-electron chi connectivity index (χ4n) is 4.28. The highest BCUT2D eigenvalue weighted by molar-refractivity contribution is 5.79. The minimum Gasteiger partial charge on any atom is -0.484 e. The zero-order valence-electron chi connectivity index (χ0n) is 19.2. The van der Waals surface area contributed by atoms with E-state index in [2.05, 4.69) is 10.1 Å². The molecule has 9 heteroatoms. The Hall–Kier alpha value is -3.56. The lowest BCUT2D eigenvalue weighted by molar-refractivity contribution is -0.153. The summed E-state index contributed by atoms with van der Waals surface area (Å²) >= 11 is 0. The van der Waals surface area contributed by atoms with Gasteiger partial charge < -0.3 is 25.0 Å². The number of alkyl halides is 3. The molecule has 0 bridgehead atoms. The van der Waals surface area contributed by atoms with Crippen LogP contribution in [0.4, 0.5) is 18.0 Å². The molecule has 2 unspecified atom stereocenters. The van der Waals surface area contributed by atoms with Crippen molar-refractivity contribution in [3.63, 3.8) is 0 Å². The lowest BCUT2D eigenvalue weighted by atomic mass is 9.98. The third kappa shape index (κ3) is 6.16. The standard InChI is InChI=1S/C27H26F3NO5/c28-27(29,30)16-36-18-11-9-17(10-12-18)25(33)24(32)13-14-31-26(34)35-15-23-21-7-3-1-5-19(21)20-6-2-4-8-22(20)23/h1-12,23-25,32-33H,13-16H2,(H,31,34). The maximum absolute atomic E-state index is 12.2. The predicted octanol–water partition coefficient (Wildman–Crippen LogP) is 4.95. The second kappa shape index (κ2) is 11.0. The molecule has 1 amide bonds. The molecule has 0 fully saturated rings. The molecule has 0 saturated heterocycles. The minimum absolute atomic E-state index is 0.00492. The van der Waals surface area contributed by atoms with E-state index >= 15 is 0 Å². The smallest absolute Gasteiger partial charge is 0.422 e. The molecule has 1 aliphatic carbocycles. The van der Waals surface area contributed by atoms with Crippen LogP contribution in [0.5, 0.6) is 5.75 Å². The molecule has 6 nitrogen and oxygen atoms in total. The van der Waals surface area contributed by atoms with Crippen molar-refractivity contribution < 1.29 is 37.7 Å². The Balaban J connectivity index is 1.23. The predicted molar refractivity (Wildman–Crippen MR) is 127 cm³/mol. The van der Waals surface area contributed by atoms with Gasteiger partial charge in [-0.15, -0.1) is 0 Å². The van der Waals surface area contributed by atoms with Crippen LogP contribution in [0.2, 0.25) is 0 Å². The minimum atomic E-state index is -4.45. The SMILES string of the molecule is O=C(NCCC(O)C(O)c1ccc(OCC(F)(F)F)cc1)OCC1c2ccccc2-c2ccccc21. The molecule has 0 aromatic heterocycles. The first-order chi connectivity index (χ1) is 17.2. The van der Waals surface area contributed by atoms with Gasteiger partial charge in [0.05, 0.1) is 6.10 Å². The molecule has 3 aromatic carbocycles. The normalized spacial score (nSPS) is 14.5. The van der Waals surface area contributed by atoms with E-state index in [0.29, 0.717) is 5.56 Å². The average molecular weight is 502 g/mol. The summed E-state index contributed by atoms with van der Waals surface area (Å²) in [4.78, 5) is 12.2. The Morgan fingerprint density at radius 2 is 1.50 bits per heavy atom. The van der Waals surface area contributed by atoms with Crippen LogP contribution in [0.25, 0.3) is 11.1 Å². The molecule has 36 heavy (non-hydrogen) atoms. The van der Waals surface area contributed by atoms with Crippen molar-refractivity contribution in [3.05, 3.63) is 89.5 Å². The lowest BCUT2D eigenvalue weighted by Gasteiger charge is -2.19. The van der Waals surface area contributed by atoms with Gasteiger partial charge in [0.15, 0.2) is 6.61 Å². The number of carbonyl (C=O) groups is 1. The molecular formula is C27H26F3NO5. The van der Waals surface area contributed by atoms with Gasteiger partial charge in [-0.1, -0.05) is 60.7 Å². The molecule has 190 valence electrons. The molecular weight excluding hydrogens is 475 g/mol. The summed E-state index contributed by atoms with van der Waals surface area (Å²) < 4.78 is 46.8. The van der Waals surface area contributed by atoms with Gasteiger partial charge in [0, 0.05) is 12.5 Å². The number of rotatable bonds is 9. The number of hydrogen-bond donors (Lipinski definition) is 3. The van der Waals surface area contributed by atoms with Gasteiger partial charge in [-0.25, -0.2) is 4.79 Å². The molecule has 0 spiro atoms. The van der Waals surface area contributed by atoms with Crippen LogP contribution in [0, 0.1) is 0 Å². The molecule has 3 N–H and O–H groups in total. The molecule has 0 saturated carbocycles. The maximum atomic E-state index is 12.2. The van der Waals surface area contributed by atoms with Gasteiger partial charge in [-0.3, -0.25) is 0 Å². The Kier molecular flexibility index (Phi) is 7.81. The summed E-state index contributed by atoms with van der Waals surface area (Å²) in [5.74, 6) is -0.0756. The summed E-state index contributed by atoms with van der Waals surface area (Å²) in [5, 5.41) is 23.2. The highest BCUT2D eigenvalue weighted by atomic mass is 19.4. The molecule has 0 radical (unpaired) electrons. The second-order valence-electron chi connectivity index (χ2n) is 8.53. The monoisotopic (exact) mass is 501 g/mol. The van der Waals surface area contributed by atoms with E-state index in [-0.39, 0.29) is 31.2 Å². The number of aliphatic hydroxyl groups excluding tert-OH is 2. The molecule has 4 rings (SSSR count). The third-order valence-electron chi connectivity index (χ3n) is 6.04. The largest absolute Gasteiger partial charge is 0.484 e. The van der Waals surface area contributed by atoms with Gasteiger partial charge in [-0.2, -0.15) is 13.2 Å². The molecule has 3 aromatic rings. The second-order valence-corrected chi connectivity index (χ2v) is 8.53. The number of ether oxygens (including phenoxy) is 2. The summed E-state index contributed by atoms with van der Waals surface area (Å²) in [6.45, 7) is -1.20. The van der Waals surface area contributed by atoms with E-state index in [9.17, 15) is 28.2 Å². The van der Waals surface area contributed by atoms with Gasteiger partial charge in [0.25, 0.3) is 0 Å². The highest BCUT2D eigenvalue weighted by Gasteiger charge is 2.30. The Morgan fingerprint density at radius 3 is 2.08 bits per heavy atom. The van der Waals surface area contributed by atoms with Crippen LogP contribution in [0.3, 0.4) is 0 Å². The van der Waals surface area contributed by atoms with Crippen LogP contribution in [-0.4, -0.2) is 48.3 Å². The van der Waals surface area contributed by atoms with Crippen LogP contribution < -0.4 is 10.1 Å². The van der Waals surface area contributed by atoms with Gasteiger partial charge in [0.1, 0.15) is 18.5 Å². The number of amides is 1. The first-order valence-electron chi connectivity index (χ1n) is 11.5. The van der Waals surface area contributed by atoms with Crippen LogP contribution in [-0.2, 0) is 4.74 Å². The van der Waals surface area contributed by atoms with Gasteiger partial charge in [-0.05, 0) is 46.4 Å². The molecule has 0 heterocycles. The van der Waals surface area contributed by atoms with Gasteiger partial charge >= 0.3 is 12.3 Å². The van der Waals surface area contributed by atoms with E-state index < -0.39 is 31.1 Å². The topological polar surface area (TPSA) is 88.0 Å². The molecule has 2 atom stereocenters. The first kappa shape index (κ1) is 25.5. The summed E-state index contributed by atoms with van der Waals surface area (Å²) in [7, 11) is 0. The Morgan fingerprint density at radius 1 is 0.917 bits per heavy atom. The number of carbonyl (C=O) groups excluding carboxylic acids is 1. The van der Waals surface area contributed by atoms with Crippen molar-refractivity contribution in [2.75, 3.05) is 19.8 Å². The fourth-order valence-corrected chi connectivity index (χ4v) is 4.28. The Bertz CT molecular complexity index is 1140. The van der Waals surface area contributed by atoms with Crippen molar-refractivity contribution in [3.8, 4) is 16.9 Å². The number of halogens is 3. The number of aliphatic hydroxyl groups is 2. The summed E-state index contributed by atoms with van der Waals surface area (Å²) in [5.41, 5.74) is 4.75. The first-order valence-corrected chi connectivity index (χ1v) is 11.5. The van der Waals surface area contributed by atoms with Crippen molar-refractivity contribution in [2.45, 2.75) is 30.7 Å². The van der Waals surface area contributed by atoms with E-state index in [1.165, 1.54) is 24.3 Å². The Labute approximate surface area is 206 Å². The number of hydrogen-bond acceptors (Lipinski definition) is 5. The van der Waals surface area contributed by atoms with E-state index in [0.717, 1.165) is 22.3 Å². The maximum Gasteiger partial charge on any atom is 0.422 e.